The maximum atomic E-state index is 14.3. The first-order chi connectivity index (χ1) is 17.3. The van der Waals surface area contributed by atoms with E-state index in [0.717, 1.165) is 16.1 Å². The lowest BCUT2D eigenvalue weighted by Crippen LogP contribution is -2.58. The van der Waals surface area contributed by atoms with Gasteiger partial charge in [-0.1, -0.05) is 32.9 Å². The number of amides is 2. The number of phenols is 1. The second-order valence-corrected chi connectivity index (χ2v) is 12.1. The quantitative estimate of drug-likeness (QED) is 0.481. The molecule has 2 aliphatic rings. The lowest BCUT2D eigenvalue weighted by molar-refractivity contribution is -0.144. The van der Waals surface area contributed by atoms with Crippen molar-refractivity contribution >= 4 is 28.9 Å². The zero-order valence-corrected chi connectivity index (χ0v) is 22.4. The minimum absolute atomic E-state index is 0.0351. The Labute approximate surface area is 219 Å². The number of aryl methyl sites for hydroxylation is 2. The molecular formula is C27H34FN3O5S. The first-order valence-corrected chi connectivity index (χ1v) is 13.4. The molecule has 3 N–H and O–H groups in total. The van der Waals surface area contributed by atoms with Crippen molar-refractivity contribution in [1.82, 2.24) is 15.2 Å². The van der Waals surface area contributed by atoms with E-state index in [2.05, 4.69) is 10.3 Å². The molecule has 3 atom stereocenters. The van der Waals surface area contributed by atoms with E-state index in [1.54, 1.807) is 38.4 Å². The second kappa shape index (κ2) is 10.1. The van der Waals surface area contributed by atoms with E-state index in [1.807, 2.05) is 13.0 Å². The van der Waals surface area contributed by atoms with Gasteiger partial charge < -0.3 is 20.4 Å². The molecule has 4 rings (SSSR count). The van der Waals surface area contributed by atoms with Gasteiger partial charge >= 0.3 is 0 Å². The molecule has 8 nitrogen and oxygen atoms in total. The van der Waals surface area contributed by atoms with Gasteiger partial charge in [0, 0.05) is 19.4 Å². The molecule has 1 aromatic carbocycles. The number of aliphatic hydroxyl groups is 1. The Morgan fingerprint density at radius 3 is 2.57 bits per heavy atom. The van der Waals surface area contributed by atoms with Crippen molar-refractivity contribution in [3.8, 4) is 16.2 Å². The van der Waals surface area contributed by atoms with E-state index in [9.17, 15) is 29.0 Å². The maximum Gasteiger partial charge on any atom is 0.258 e. The summed E-state index contributed by atoms with van der Waals surface area (Å²) in [5.74, 6) is -1.48. The maximum absolute atomic E-state index is 14.3. The van der Waals surface area contributed by atoms with Gasteiger partial charge in [0.25, 0.3) is 5.91 Å². The predicted octanol–water partition coefficient (Wildman–Crippen LogP) is 3.32. The Balaban J connectivity index is 1.45. The van der Waals surface area contributed by atoms with Gasteiger partial charge in [-0.2, -0.15) is 0 Å². The van der Waals surface area contributed by atoms with E-state index in [1.165, 1.54) is 16.2 Å². The molecule has 0 bridgehead atoms. The first kappa shape index (κ1) is 27.2. The number of hydrogen-bond donors (Lipinski definition) is 3. The van der Waals surface area contributed by atoms with Crippen LogP contribution in [0.5, 0.6) is 5.75 Å². The highest BCUT2D eigenvalue weighted by atomic mass is 32.1. The zero-order chi connectivity index (χ0) is 27.1. The molecule has 37 heavy (non-hydrogen) atoms. The van der Waals surface area contributed by atoms with Crippen LogP contribution in [0.1, 0.15) is 57.7 Å². The Morgan fingerprint density at radius 1 is 1.30 bits per heavy atom. The number of Topliss-reactive ketones (excluding diaryl/α,β-unsaturated/α-hetero) is 1. The van der Waals surface area contributed by atoms with Gasteiger partial charge in [-0.15, -0.1) is 11.3 Å². The summed E-state index contributed by atoms with van der Waals surface area (Å²) in [6, 6.07) is 3.41. The number of halogens is 1. The number of aliphatic hydroxyl groups excluding tert-OH is 1. The molecule has 0 radical (unpaired) electrons. The van der Waals surface area contributed by atoms with Crippen molar-refractivity contribution in [3.05, 3.63) is 35.0 Å². The minimum atomic E-state index is -1.93. The summed E-state index contributed by atoms with van der Waals surface area (Å²) in [4.78, 5) is 45.6. The lowest BCUT2D eigenvalue weighted by Gasteiger charge is -2.35. The molecule has 2 fully saturated rings. The van der Waals surface area contributed by atoms with Crippen molar-refractivity contribution < 1.29 is 29.0 Å². The molecule has 1 saturated heterocycles. The molecule has 2 heterocycles. The van der Waals surface area contributed by atoms with Crippen LogP contribution in [-0.2, 0) is 20.8 Å². The summed E-state index contributed by atoms with van der Waals surface area (Å²) >= 11 is 1.48. The molecule has 200 valence electrons. The van der Waals surface area contributed by atoms with Crippen LogP contribution < -0.4 is 5.32 Å². The van der Waals surface area contributed by atoms with Gasteiger partial charge in [-0.3, -0.25) is 14.4 Å². The monoisotopic (exact) mass is 531 g/mol. The van der Waals surface area contributed by atoms with E-state index in [0.29, 0.717) is 5.56 Å². The standard InChI is InChI=1S/C27H34FN3O5S/c1-15-22(37-14-29-15)17-6-5-16(21(34)11-17)7-8-20(33)19-12-18(32)13-31(19)24(35)23(26(2,3)4)30-25(36)27(28)9-10-27/h5-6,11,14,18-19,23,32,34H,7-10,12-13H2,1-4H3,(H,30,36)/t18-,19?,23-/m1/s1. The minimum Gasteiger partial charge on any atom is -0.508 e. The number of carbonyl (C=O) groups is 3. The fourth-order valence-corrected chi connectivity index (χ4v) is 5.50. The van der Waals surface area contributed by atoms with E-state index in [-0.39, 0.29) is 50.2 Å². The molecule has 2 amide bonds. The first-order valence-electron chi connectivity index (χ1n) is 12.5. The van der Waals surface area contributed by atoms with Gasteiger partial charge in [0.2, 0.25) is 5.91 Å². The fourth-order valence-electron chi connectivity index (χ4n) is 4.69. The molecule has 2 aromatic rings. The third-order valence-electron chi connectivity index (χ3n) is 7.15. The van der Waals surface area contributed by atoms with Crippen molar-refractivity contribution in [2.75, 3.05) is 6.54 Å². The second-order valence-electron chi connectivity index (χ2n) is 11.2. The number of benzene rings is 1. The number of aromatic hydroxyl groups is 1. The molecule has 10 heteroatoms. The third kappa shape index (κ3) is 5.85. The van der Waals surface area contributed by atoms with Crippen molar-refractivity contribution in [2.45, 2.75) is 83.7 Å². The van der Waals surface area contributed by atoms with E-state index in [4.69, 9.17) is 0 Å². The molecule has 1 aromatic heterocycles. The van der Waals surface area contributed by atoms with Crippen molar-refractivity contribution in [1.29, 1.82) is 0 Å². The highest BCUT2D eigenvalue weighted by molar-refractivity contribution is 7.13. The van der Waals surface area contributed by atoms with Crippen LogP contribution in [0.15, 0.2) is 23.7 Å². The number of alkyl halides is 1. The average molecular weight is 532 g/mol. The normalized spacial score (nSPS) is 21.5. The SMILES string of the molecule is Cc1ncsc1-c1ccc(CCC(=O)C2C[C@@H](O)CN2C(=O)[C@@H](NC(=O)C2(F)CC2)C(C)(C)C)c(O)c1. The van der Waals surface area contributed by atoms with Crippen LogP contribution in [0.2, 0.25) is 0 Å². The zero-order valence-electron chi connectivity index (χ0n) is 21.6. The van der Waals surface area contributed by atoms with Gasteiger partial charge in [0.15, 0.2) is 11.5 Å². The number of nitrogens with one attached hydrogen (secondary N) is 1. The number of likely N-dealkylation sites (tertiary alicyclic amines) is 1. The van der Waals surface area contributed by atoms with Crippen LogP contribution in [0.3, 0.4) is 0 Å². The van der Waals surface area contributed by atoms with Crippen molar-refractivity contribution in [3.63, 3.8) is 0 Å². The highest BCUT2D eigenvalue weighted by Crippen LogP contribution is 2.40. The Hall–Kier alpha value is -2.85. The fraction of sp³-hybridized carbons (Fsp3) is 0.556. The van der Waals surface area contributed by atoms with Crippen LogP contribution >= 0.6 is 11.3 Å². The van der Waals surface area contributed by atoms with Crippen LogP contribution in [0.25, 0.3) is 10.4 Å². The summed E-state index contributed by atoms with van der Waals surface area (Å²) in [5, 5.41) is 23.4. The highest BCUT2D eigenvalue weighted by Gasteiger charge is 2.53. The summed E-state index contributed by atoms with van der Waals surface area (Å²) in [5.41, 5.74) is 1.41. The van der Waals surface area contributed by atoms with Crippen LogP contribution in [-0.4, -0.2) is 68.1 Å². The molecule has 1 aliphatic carbocycles. The largest absolute Gasteiger partial charge is 0.508 e. The van der Waals surface area contributed by atoms with Gasteiger partial charge in [0.05, 0.1) is 28.2 Å². The number of phenolic OH excluding ortho intramolecular Hbond substituents is 1. The van der Waals surface area contributed by atoms with Gasteiger partial charge in [-0.05, 0) is 48.8 Å². The predicted molar refractivity (Wildman–Crippen MR) is 138 cm³/mol. The number of β-amino-alcohol motifs (C(OH)–C–C–N with tert-alkyl or cyclic N) is 1. The Kier molecular flexibility index (Phi) is 7.45. The summed E-state index contributed by atoms with van der Waals surface area (Å²) in [6.45, 7) is 7.15. The number of rotatable bonds is 8. The van der Waals surface area contributed by atoms with Crippen molar-refractivity contribution in [2.24, 2.45) is 5.41 Å². The van der Waals surface area contributed by atoms with E-state index >= 15 is 0 Å². The number of thiazole rings is 1. The smallest absolute Gasteiger partial charge is 0.258 e. The number of nitrogens with zero attached hydrogens (tertiary/aromatic N) is 2. The summed E-state index contributed by atoms with van der Waals surface area (Å²) in [7, 11) is 0. The summed E-state index contributed by atoms with van der Waals surface area (Å²) in [6.07, 6.45) is -0.187. The molecule has 0 spiro atoms. The number of aromatic nitrogens is 1. The topological polar surface area (TPSA) is 120 Å². The molecular weight excluding hydrogens is 497 g/mol. The lowest BCUT2D eigenvalue weighted by atomic mass is 9.85. The molecule has 1 saturated carbocycles. The third-order valence-corrected chi connectivity index (χ3v) is 8.13. The van der Waals surface area contributed by atoms with Gasteiger partial charge in [0.1, 0.15) is 11.8 Å². The molecule has 1 unspecified atom stereocenters. The Morgan fingerprint density at radius 2 is 2.00 bits per heavy atom. The van der Waals surface area contributed by atoms with Crippen LogP contribution in [0, 0.1) is 12.3 Å². The number of carbonyl (C=O) groups excluding carboxylic acids is 3. The average Bonchev–Trinajstić information content (AvgIpc) is 3.23. The Bertz CT molecular complexity index is 1200. The van der Waals surface area contributed by atoms with E-state index < -0.39 is 41.1 Å². The summed E-state index contributed by atoms with van der Waals surface area (Å²) < 4.78 is 14.3. The molecule has 1 aliphatic heterocycles. The number of hydrogen-bond acceptors (Lipinski definition) is 7. The van der Waals surface area contributed by atoms with Gasteiger partial charge in [-0.25, -0.2) is 9.37 Å². The van der Waals surface area contributed by atoms with Crippen LogP contribution in [0.4, 0.5) is 4.39 Å². The number of ketones is 1.